The topological polar surface area (TPSA) is 77.8 Å². The Morgan fingerprint density at radius 1 is 1.19 bits per heavy atom. The van der Waals surface area contributed by atoms with E-state index in [0.717, 1.165) is 25.7 Å². The molecule has 0 aliphatic heterocycles. The Balaban J connectivity index is 2.08. The van der Waals surface area contributed by atoms with Crippen molar-refractivity contribution in [2.24, 2.45) is 17.8 Å². The highest BCUT2D eigenvalue weighted by Crippen LogP contribution is 2.40. The summed E-state index contributed by atoms with van der Waals surface area (Å²) in [4.78, 5) is 26.2. The summed E-state index contributed by atoms with van der Waals surface area (Å²) in [6, 6.07) is 0.263. The zero-order valence-electron chi connectivity index (χ0n) is 12.8. The number of carbonyl (C=O) groups excluding carboxylic acids is 1. The highest BCUT2D eigenvalue weighted by atomic mass is 16.4. The van der Waals surface area contributed by atoms with Crippen molar-refractivity contribution in [3.8, 4) is 0 Å². The third-order valence-electron chi connectivity index (χ3n) is 5.23. The number of carboxylic acids is 1. The van der Waals surface area contributed by atoms with Crippen LogP contribution in [0, 0.1) is 17.8 Å². The highest BCUT2D eigenvalue weighted by molar-refractivity contribution is 5.85. The fraction of sp³-hybridized carbons (Fsp3) is 0.875. The van der Waals surface area contributed by atoms with Crippen LogP contribution in [0.4, 0.5) is 0 Å². The van der Waals surface area contributed by atoms with Crippen molar-refractivity contribution in [1.29, 1.82) is 0 Å². The average Bonchev–Trinajstić information content (AvgIpc) is 2.84. The Morgan fingerprint density at radius 3 is 2.33 bits per heavy atom. The van der Waals surface area contributed by atoms with Gasteiger partial charge in [-0.25, -0.2) is 0 Å². The summed E-state index contributed by atoms with van der Waals surface area (Å²) >= 11 is 0. The van der Waals surface area contributed by atoms with Crippen LogP contribution < -0.4 is 0 Å². The molecule has 21 heavy (non-hydrogen) atoms. The van der Waals surface area contributed by atoms with Gasteiger partial charge in [-0.1, -0.05) is 13.3 Å². The minimum Gasteiger partial charge on any atom is -0.481 e. The predicted molar refractivity (Wildman–Crippen MR) is 78.7 cm³/mol. The van der Waals surface area contributed by atoms with Crippen LogP contribution in [-0.2, 0) is 9.59 Å². The monoisotopic (exact) mass is 297 g/mol. The molecule has 0 aromatic heterocycles. The van der Waals surface area contributed by atoms with E-state index in [9.17, 15) is 14.7 Å². The van der Waals surface area contributed by atoms with E-state index in [-0.39, 0.29) is 24.5 Å². The number of hydrogen-bond donors (Lipinski definition) is 2. The van der Waals surface area contributed by atoms with E-state index in [0.29, 0.717) is 31.7 Å². The maximum absolute atomic E-state index is 12.8. The standard InChI is InChI=1S/C16H27NO4/c1-2-11-9-13(14(10-11)16(20)21)15(19)17(7-4-8-18)12-5-3-6-12/h11-14,18H,2-10H2,1H3,(H,20,21). The van der Waals surface area contributed by atoms with Gasteiger partial charge in [-0.05, 0) is 44.4 Å². The first kappa shape index (κ1) is 16.3. The summed E-state index contributed by atoms with van der Waals surface area (Å²) in [5.74, 6) is -1.37. The normalized spacial score (nSPS) is 29.1. The van der Waals surface area contributed by atoms with Gasteiger partial charge < -0.3 is 15.1 Å². The van der Waals surface area contributed by atoms with Gasteiger partial charge in [0.2, 0.25) is 5.91 Å². The highest BCUT2D eigenvalue weighted by Gasteiger charge is 2.45. The van der Waals surface area contributed by atoms with Gasteiger partial charge in [0, 0.05) is 19.2 Å². The van der Waals surface area contributed by atoms with Crippen molar-refractivity contribution in [2.45, 2.75) is 57.9 Å². The van der Waals surface area contributed by atoms with Gasteiger partial charge >= 0.3 is 5.97 Å². The van der Waals surface area contributed by atoms with Crippen LogP contribution >= 0.6 is 0 Å². The van der Waals surface area contributed by atoms with E-state index in [2.05, 4.69) is 6.92 Å². The fourth-order valence-electron chi connectivity index (χ4n) is 3.65. The second kappa shape index (κ2) is 7.25. The second-order valence-corrected chi connectivity index (χ2v) is 6.49. The smallest absolute Gasteiger partial charge is 0.307 e. The SMILES string of the molecule is CCC1CC(C(=O)O)C(C(=O)N(CCCO)C2CCC2)C1. The predicted octanol–water partition coefficient (Wildman–Crippen LogP) is 1.89. The van der Waals surface area contributed by atoms with Gasteiger partial charge in [0.25, 0.3) is 0 Å². The second-order valence-electron chi connectivity index (χ2n) is 6.49. The molecule has 3 atom stereocenters. The van der Waals surface area contributed by atoms with Gasteiger partial charge in [0.05, 0.1) is 11.8 Å². The summed E-state index contributed by atoms with van der Waals surface area (Å²) in [6.07, 6.45) is 6.00. The lowest BCUT2D eigenvalue weighted by Gasteiger charge is -2.39. The third kappa shape index (κ3) is 3.57. The number of amides is 1. The van der Waals surface area contributed by atoms with Crippen LogP contribution in [0.15, 0.2) is 0 Å². The molecule has 0 spiro atoms. The maximum atomic E-state index is 12.8. The van der Waals surface area contributed by atoms with Crippen molar-refractivity contribution >= 4 is 11.9 Å². The Kier molecular flexibility index (Phi) is 5.62. The van der Waals surface area contributed by atoms with E-state index in [1.807, 2.05) is 4.90 Å². The van der Waals surface area contributed by atoms with Crippen LogP contribution in [0.3, 0.4) is 0 Å². The lowest BCUT2D eigenvalue weighted by atomic mass is 9.88. The largest absolute Gasteiger partial charge is 0.481 e. The van der Waals surface area contributed by atoms with E-state index in [1.165, 1.54) is 0 Å². The van der Waals surface area contributed by atoms with Crippen molar-refractivity contribution < 1.29 is 19.8 Å². The molecule has 2 fully saturated rings. The van der Waals surface area contributed by atoms with Crippen LogP contribution in [0.5, 0.6) is 0 Å². The van der Waals surface area contributed by atoms with Crippen LogP contribution in [0.2, 0.25) is 0 Å². The molecule has 2 rings (SSSR count). The third-order valence-corrected chi connectivity index (χ3v) is 5.23. The molecule has 5 heteroatoms. The zero-order valence-corrected chi connectivity index (χ0v) is 12.8. The van der Waals surface area contributed by atoms with E-state index >= 15 is 0 Å². The minimum atomic E-state index is -0.833. The molecule has 0 saturated heterocycles. The molecule has 2 saturated carbocycles. The molecular formula is C16H27NO4. The molecule has 3 unspecified atom stereocenters. The molecule has 120 valence electrons. The van der Waals surface area contributed by atoms with Gasteiger partial charge in [-0.2, -0.15) is 0 Å². The Labute approximate surface area is 126 Å². The Hall–Kier alpha value is -1.10. The summed E-state index contributed by atoms with van der Waals surface area (Å²) in [5.41, 5.74) is 0. The fourth-order valence-corrected chi connectivity index (χ4v) is 3.65. The summed E-state index contributed by atoms with van der Waals surface area (Å²) in [6.45, 7) is 2.69. The van der Waals surface area contributed by atoms with Crippen molar-refractivity contribution in [1.82, 2.24) is 4.90 Å². The summed E-state index contributed by atoms with van der Waals surface area (Å²) < 4.78 is 0. The van der Waals surface area contributed by atoms with Crippen molar-refractivity contribution in [3.05, 3.63) is 0 Å². The van der Waals surface area contributed by atoms with Gasteiger partial charge in [-0.15, -0.1) is 0 Å². The molecule has 0 aromatic rings. The average molecular weight is 297 g/mol. The lowest BCUT2D eigenvalue weighted by Crippen LogP contribution is -2.48. The minimum absolute atomic E-state index is 0.0106. The quantitative estimate of drug-likeness (QED) is 0.752. The number of hydrogen-bond acceptors (Lipinski definition) is 3. The van der Waals surface area contributed by atoms with Crippen LogP contribution in [0.1, 0.15) is 51.9 Å². The first-order chi connectivity index (χ1) is 10.1. The molecule has 5 nitrogen and oxygen atoms in total. The molecule has 2 N–H and O–H groups in total. The number of aliphatic hydroxyl groups excluding tert-OH is 1. The van der Waals surface area contributed by atoms with Gasteiger partial charge in [-0.3, -0.25) is 9.59 Å². The summed E-state index contributed by atoms with van der Waals surface area (Å²) in [7, 11) is 0. The molecule has 2 aliphatic carbocycles. The van der Waals surface area contributed by atoms with Crippen LogP contribution in [0.25, 0.3) is 0 Å². The maximum Gasteiger partial charge on any atom is 0.307 e. The molecular weight excluding hydrogens is 270 g/mol. The Morgan fingerprint density at radius 2 is 1.86 bits per heavy atom. The van der Waals surface area contributed by atoms with E-state index < -0.39 is 11.9 Å². The van der Waals surface area contributed by atoms with Crippen molar-refractivity contribution in [3.63, 3.8) is 0 Å². The van der Waals surface area contributed by atoms with Crippen LogP contribution in [-0.4, -0.2) is 46.2 Å². The van der Waals surface area contributed by atoms with Gasteiger partial charge in [0.15, 0.2) is 0 Å². The number of carboxylic acid groups (broad SMARTS) is 1. The molecule has 0 aromatic carbocycles. The lowest BCUT2D eigenvalue weighted by molar-refractivity contribution is -0.151. The molecule has 0 heterocycles. The van der Waals surface area contributed by atoms with Crippen molar-refractivity contribution in [2.75, 3.05) is 13.2 Å². The number of aliphatic hydroxyl groups is 1. The zero-order chi connectivity index (χ0) is 15.4. The molecule has 1 amide bonds. The number of aliphatic carboxylic acids is 1. The summed E-state index contributed by atoms with van der Waals surface area (Å²) in [5, 5.41) is 18.4. The molecule has 0 bridgehead atoms. The first-order valence-electron chi connectivity index (χ1n) is 8.22. The number of nitrogens with zero attached hydrogens (tertiary/aromatic N) is 1. The van der Waals surface area contributed by atoms with E-state index in [4.69, 9.17) is 5.11 Å². The first-order valence-corrected chi connectivity index (χ1v) is 8.22. The number of rotatable bonds is 7. The number of carbonyl (C=O) groups is 2. The molecule has 0 radical (unpaired) electrons. The van der Waals surface area contributed by atoms with Gasteiger partial charge in [0.1, 0.15) is 0 Å². The van der Waals surface area contributed by atoms with E-state index in [1.54, 1.807) is 0 Å². The molecule has 2 aliphatic rings. The Bertz CT molecular complexity index is 380.